The largest absolute Gasteiger partial charge is 0.359 e. The van der Waals surface area contributed by atoms with Gasteiger partial charge in [0.05, 0.1) is 11.5 Å². The second-order valence-corrected chi connectivity index (χ2v) is 10.6. The molecule has 2 aromatic rings. The topological polar surface area (TPSA) is 68.3 Å². The summed E-state index contributed by atoms with van der Waals surface area (Å²) in [6.07, 6.45) is 1.27. The van der Waals surface area contributed by atoms with Crippen molar-refractivity contribution in [2.75, 3.05) is 46.9 Å². The maximum absolute atomic E-state index is 12.8. The molecule has 2 aromatic carbocycles. The van der Waals surface area contributed by atoms with Gasteiger partial charge in [-0.3, -0.25) is 0 Å². The molecule has 2 heterocycles. The zero-order valence-electron chi connectivity index (χ0n) is 20.1. The van der Waals surface area contributed by atoms with Gasteiger partial charge in [0.25, 0.3) is 0 Å². The second-order valence-electron chi connectivity index (χ2n) is 8.67. The van der Waals surface area contributed by atoms with E-state index in [9.17, 15) is 8.42 Å². The van der Waals surface area contributed by atoms with E-state index in [4.69, 9.17) is 14.2 Å². The number of hydrogen-bond acceptors (Lipinski definition) is 6. The maximum Gasteiger partial charge on any atom is 0.243 e. The van der Waals surface area contributed by atoms with Crippen LogP contribution >= 0.6 is 0 Å². The summed E-state index contributed by atoms with van der Waals surface area (Å²) in [7, 11) is -1.87. The Morgan fingerprint density at radius 1 is 0.879 bits per heavy atom. The van der Waals surface area contributed by atoms with Crippen molar-refractivity contribution in [2.45, 2.75) is 44.2 Å². The SMILES string of the molecule is COCOCN1CCOC12CCN(S(=O)(=O)c1ccc(C)cc1)CC2.Cc1ccc(C)cc1. The van der Waals surface area contributed by atoms with Gasteiger partial charge in [0.1, 0.15) is 19.2 Å². The van der Waals surface area contributed by atoms with Crippen molar-refractivity contribution in [1.29, 1.82) is 0 Å². The van der Waals surface area contributed by atoms with E-state index in [1.54, 1.807) is 23.5 Å². The summed E-state index contributed by atoms with van der Waals surface area (Å²) < 4.78 is 43.6. The minimum Gasteiger partial charge on any atom is -0.359 e. The molecule has 2 aliphatic heterocycles. The van der Waals surface area contributed by atoms with Gasteiger partial charge in [-0.1, -0.05) is 53.1 Å². The second kappa shape index (κ2) is 11.6. The molecule has 0 amide bonds. The predicted octanol–water partition coefficient (Wildman–Crippen LogP) is 3.69. The van der Waals surface area contributed by atoms with Crippen LogP contribution in [0.15, 0.2) is 53.4 Å². The van der Waals surface area contributed by atoms with Crippen LogP contribution in [0, 0.1) is 20.8 Å². The fourth-order valence-electron chi connectivity index (χ4n) is 4.09. The molecule has 2 saturated heterocycles. The van der Waals surface area contributed by atoms with E-state index in [0.29, 0.717) is 44.2 Å². The number of aryl methyl sites for hydroxylation is 3. The molecule has 0 N–H and O–H groups in total. The molecule has 1 spiro atoms. The number of nitrogens with zero attached hydrogens (tertiary/aromatic N) is 2. The van der Waals surface area contributed by atoms with Crippen LogP contribution in [-0.2, 0) is 24.2 Å². The Morgan fingerprint density at radius 3 is 1.91 bits per heavy atom. The third-order valence-electron chi connectivity index (χ3n) is 6.14. The summed E-state index contributed by atoms with van der Waals surface area (Å²) in [6.45, 7) is 9.11. The molecule has 2 fully saturated rings. The Labute approximate surface area is 198 Å². The van der Waals surface area contributed by atoms with Crippen molar-refractivity contribution in [3.8, 4) is 0 Å². The third kappa shape index (κ3) is 6.62. The molecule has 33 heavy (non-hydrogen) atoms. The van der Waals surface area contributed by atoms with Crippen molar-refractivity contribution in [2.24, 2.45) is 0 Å². The van der Waals surface area contributed by atoms with Gasteiger partial charge < -0.3 is 14.2 Å². The fraction of sp³-hybridized carbons (Fsp3) is 0.520. The van der Waals surface area contributed by atoms with E-state index in [1.807, 2.05) is 19.1 Å². The highest BCUT2D eigenvalue weighted by Gasteiger charge is 2.46. The number of hydrogen-bond donors (Lipinski definition) is 0. The standard InChI is InChI=1S/C17H26N2O5S.C8H10/c1-15-3-5-16(6-4-15)25(20,21)19-9-7-17(8-10-19)18(11-12-24-17)13-23-14-22-2;1-7-3-5-8(2)6-4-7/h3-6H,7-14H2,1-2H3;3-6H,1-2H3. The third-order valence-corrected chi connectivity index (χ3v) is 8.05. The summed E-state index contributed by atoms with van der Waals surface area (Å²) >= 11 is 0. The first kappa shape index (κ1) is 25.8. The van der Waals surface area contributed by atoms with Crippen LogP contribution in [0.1, 0.15) is 29.5 Å². The van der Waals surface area contributed by atoms with E-state index < -0.39 is 15.7 Å². The molecule has 0 saturated carbocycles. The molecule has 0 atom stereocenters. The minimum absolute atomic E-state index is 0.237. The van der Waals surface area contributed by atoms with E-state index >= 15 is 0 Å². The van der Waals surface area contributed by atoms with Crippen LogP contribution in [0.2, 0.25) is 0 Å². The molecular weight excluding hydrogens is 440 g/mol. The van der Waals surface area contributed by atoms with Crippen LogP contribution in [0.25, 0.3) is 0 Å². The molecule has 4 rings (SSSR count). The lowest BCUT2D eigenvalue weighted by molar-refractivity contribution is -0.160. The van der Waals surface area contributed by atoms with Gasteiger partial charge in [-0.25, -0.2) is 13.3 Å². The lowest BCUT2D eigenvalue weighted by Gasteiger charge is -2.42. The zero-order valence-corrected chi connectivity index (χ0v) is 20.9. The lowest BCUT2D eigenvalue weighted by atomic mass is 10.0. The molecule has 0 aliphatic carbocycles. The maximum atomic E-state index is 12.8. The van der Waals surface area contributed by atoms with Gasteiger partial charge in [-0.15, -0.1) is 0 Å². The highest BCUT2D eigenvalue weighted by Crippen LogP contribution is 2.35. The van der Waals surface area contributed by atoms with E-state index in [2.05, 4.69) is 43.0 Å². The summed E-state index contributed by atoms with van der Waals surface area (Å²) in [5.41, 5.74) is 3.28. The average Bonchev–Trinajstić information content (AvgIpc) is 3.18. The quantitative estimate of drug-likeness (QED) is 0.468. The number of rotatable bonds is 6. The first-order valence-corrected chi connectivity index (χ1v) is 12.8. The molecule has 8 heteroatoms. The molecule has 0 radical (unpaired) electrons. The first-order chi connectivity index (χ1) is 15.8. The number of sulfonamides is 1. The minimum atomic E-state index is -3.46. The molecule has 0 aromatic heterocycles. The smallest absolute Gasteiger partial charge is 0.243 e. The fourth-order valence-corrected chi connectivity index (χ4v) is 5.53. The molecular formula is C25H36N2O5S. The Bertz CT molecular complexity index is 948. The Balaban J connectivity index is 0.000000323. The van der Waals surface area contributed by atoms with Crippen LogP contribution in [0.4, 0.5) is 0 Å². The average molecular weight is 477 g/mol. The van der Waals surface area contributed by atoms with E-state index in [0.717, 1.165) is 12.1 Å². The van der Waals surface area contributed by atoms with E-state index in [1.165, 1.54) is 11.1 Å². The van der Waals surface area contributed by atoms with Crippen LogP contribution in [0.3, 0.4) is 0 Å². The van der Waals surface area contributed by atoms with Gasteiger partial charge in [0, 0.05) is 39.6 Å². The normalized spacial score (nSPS) is 18.8. The van der Waals surface area contributed by atoms with E-state index in [-0.39, 0.29) is 6.79 Å². The molecule has 0 unspecified atom stereocenters. The van der Waals surface area contributed by atoms with Crippen molar-refractivity contribution >= 4 is 10.0 Å². The van der Waals surface area contributed by atoms with Crippen molar-refractivity contribution in [1.82, 2.24) is 9.21 Å². The molecule has 7 nitrogen and oxygen atoms in total. The van der Waals surface area contributed by atoms with Gasteiger partial charge in [-0.05, 0) is 32.9 Å². The summed E-state index contributed by atoms with van der Waals surface area (Å²) in [5, 5.41) is 0. The monoisotopic (exact) mass is 476 g/mol. The van der Waals surface area contributed by atoms with Crippen LogP contribution in [-0.4, -0.2) is 70.2 Å². The molecule has 0 bridgehead atoms. The Kier molecular flexibility index (Phi) is 9.03. The lowest BCUT2D eigenvalue weighted by Crippen LogP contribution is -2.54. The number of methoxy groups -OCH3 is 1. The Hall–Kier alpha value is -1.81. The van der Waals surface area contributed by atoms with Crippen LogP contribution in [0.5, 0.6) is 0 Å². The highest BCUT2D eigenvalue weighted by molar-refractivity contribution is 7.89. The number of benzene rings is 2. The summed E-state index contributed by atoms with van der Waals surface area (Å²) in [4.78, 5) is 2.49. The van der Waals surface area contributed by atoms with Crippen LogP contribution < -0.4 is 0 Å². The summed E-state index contributed by atoms with van der Waals surface area (Å²) in [6, 6.07) is 15.5. The van der Waals surface area contributed by atoms with Crippen molar-refractivity contribution < 1.29 is 22.6 Å². The van der Waals surface area contributed by atoms with Gasteiger partial charge in [0.2, 0.25) is 10.0 Å². The molecule has 182 valence electrons. The number of piperidine rings is 1. The number of ether oxygens (including phenoxy) is 3. The Morgan fingerprint density at radius 2 is 1.39 bits per heavy atom. The molecule has 2 aliphatic rings. The van der Waals surface area contributed by atoms with Gasteiger partial charge in [-0.2, -0.15) is 4.31 Å². The van der Waals surface area contributed by atoms with Crippen molar-refractivity contribution in [3.63, 3.8) is 0 Å². The van der Waals surface area contributed by atoms with Crippen molar-refractivity contribution in [3.05, 3.63) is 65.2 Å². The summed E-state index contributed by atoms with van der Waals surface area (Å²) in [5.74, 6) is 0. The van der Waals surface area contributed by atoms with Gasteiger partial charge >= 0.3 is 0 Å². The van der Waals surface area contributed by atoms with Gasteiger partial charge in [0.15, 0.2) is 0 Å². The zero-order chi connectivity index (χ0) is 23.9. The predicted molar refractivity (Wildman–Crippen MR) is 128 cm³/mol. The first-order valence-electron chi connectivity index (χ1n) is 11.3. The highest BCUT2D eigenvalue weighted by atomic mass is 32.2.